The largest absolute Gasteiger partial charge is 0.354 e. The molecule has 3 amide bonds. The summed E-state index contributed by atoms with van der Waals surface area (Å²) in [6.45, 7) is 2.29. The molecule has 0 aromatic rings. The summed E-state index contributed by atoms with van der Waals surface area (Å²) < 4.78 is 0. The summed E-state index contributed by atoms with van der Waals surface area (Å²) in [4.78, 5) is 21.5. The molecule has 0 rings (SSSR count). The topological polar surface area (TPSA) is 95.7 Å². The van der Waals surface area contributed by atoms with Crippen molar-refractivity contribution in [2.45, 2.75) is 32.6 Å². The van der Waals surface area contributed by atoms with Crippen molar-refractivity contribution in [1.29, 1.82) is 0 Å². The van der Waals surface area contributed by atoms with Crippen molar-refractivity contribution in [3.63, 3.8) is 0 Å². The van der Waals surface area contributed by atoms with Crippen LogP contribution in [0.1, 0.15) is 32.6 Å². The molecule has 0 atom stereocenters. The van der Waals surface area contributed by atoms with Gasteiger partial charge in [-0.2, -0.15) is 0 Å². The van der Waals surface area contributed by atoms with E-state index in [1.54, 1.807) is 0 Å². The average molecular weight is 217 g/mol. The summed E-state index contributed by atoms with van der Waals surface area (Å²) in [6.07, 6.45) is 3.44. The molecule has 0 radical (unpaired) electrons. The van der Waals surface area contributed by atoms with Gasteiger partial charge in [-0.05, 0) is 6.42 Å². The standard InChI is InChI=1S/C9H19N3O3/c1-2-3-4-5-8(13)11-6-7-12(15)9(10)14/h15H,2-7H2,1H3,(H2,10,14)(H,11,13). The maximum Gasteiger partial charge on any atom is 0.338 e. The normalized spacial score (nSPS) is 9.73. The Hall–Kier alpha value is -1.30. The Bertz CT molecular complexity index is 209. The van der Waals surface area contributed by atoms with Crippen LogP contribution in [-0.4, -0.2) is 35.3 Å². The minimum absolute atomic E-state index is 0.00878. The second kappa shape index (κ2) is 8.05. The molecule has 15 heavy (non-hydrogen) atoms. The van der Waals surface area contributed by atoms with Gasteiger partial charge in [-0.1, -0.05) is 19.8 Å². The summed E-state index contributed by atoms with van der Waals surface area (Å²) in [5, 5.41) is 11.8. The van der Waals surface area contributed by atoms with Gasteiger partial charge in [0.15, 0.2) is 0 Å². The highest BCUT2D eigenvalue weighted by molar-refractivity contribution is 5.76. The first-order chi connectivity index (χ1) is 7.07. The molecule has 88 valence electrons. The summed E-state index contributed by atoms with van der Waals surface area (Å²) in [5.41, 5.74) is 4.78. The van der Waals surface area contributed by atoms with Crippen molar-refractivity contribution in [2.24, 2.45) is 5.73 Å². The Kier molecular flexibility index (Phi) is 7.35. The molecule has 0 aliphatic heterocycles. The zero-order valence-corrected chi connectivity index (χ0v) is 9.03. The molecule has 0 aromatic carbocycles. The van der Waals surface area contributed by atoms with Crippen LogP contribution in [-0.2, 0) is 4.79 Å². The number of unbranched alkanes of at least 4 members (excludes halogenated alkanes) is 2. The zero-order valence-electron chi connectivity index (χ0n) is 9.03. The van der Waals surface area contributed by atoms with E-state index in [1.165, 1.54) is 0 Å². The fraction of sp³-hybridized carbons (Fsp3) is 0.778. The van der Waals surface area contributed by atoms with Crippen LogP contribution in [0.25, 0.3) is 0 Å². The number of nitrogens with one attached hydrogen (secondary N) is 1. The van der Waals surface area contributed by atoms with Gasteiger partial charge in [0.2, 0.25) is 5.91 Å². The Morgan fingerprint density at radius 2 is 2.07 bits per heavy atom. The van der Waals surface area contributed by atoms with Gasteiger partial charge in [-0.15, -0.1) is 0 Å². The highest BCUT2D eigenvalue weighted by atomic mass is 16.5. The quantitative estimate of drug-likeness (QED) is 0.328. The summed E-state index contributed by atoms with van der Waals surface area (Å²) in [6, 6.07) is -0.921. The van der Waals surface area contributed by atoms with Crippen LogP contribution in [0.3, 0.4) is 0 Å². The predicted molar refractivity (Wildman–Crippen MR) is 55.2 cm³/mol. The van der Waals surface area contributed by atoms with Gasteiger partial charge < -0.3 is 11.1 Å². The average Bonchev–Trinajstić information content (AvgIpc) is 2.18. The maximum absolute atomic E-state index is 11.1. The van der Waals surface area contributed by atoms with E-state index in [4.69, 9.17) is 10.9 Å². The lowest BCUT2D eigenvalue weighted by Gasteiger charge is -2.12. The van der Waals surface area contributed by atoms with Gasteiger partial charge in [0.25, 0.3) is 0 Å². The lowest BCUT2D eigenvalue weighted by atomic mass is 10.2. The van der Waals surface area contributed by atoms with Crippen molar-refractivity contribution in [1.82, 2.24) is 10.4 Å². The Labute approximate surface area is 89.4 Å². The van der Waals surface area contributed by atoms with Crippen LogP contribution in [0.15, 0.2) is 0 Å². The van der Waals surface area contributed by atoms with Crippen molar-refractivity contribution in [3.8, 4) is 0 Å². The van der Waals surface area contributed by atoms with Gasteiger partial charge in [0.05, 0.1) is 6.54 Å². The third-order valence-electron chi connectivity index (χ3n) is 1.91. The van der Waals surface area contributed by atoms with E-state index in [0.717, 1.165) is 19.3 Å². The molecule has 0 heterocycles. The number of carbonyl (C=O) groups excluding carboxylic acids is 2. The van der Waals surface area contributed by atoms with Crippen molar-refractivity contribution in [2.75, 3.05) is 13.1 Å². The second-order valence-electron chi connectivity index (χ2n) is 3.27. The predicted octanol–water partition coefficient (Wildman–Crippen LogP) is 0.453. The molecule has 0 spiro atoms. The molecular formula is C9H19N3O3. The van der Waals surface area contributed by atoms with Crippen molar-refractivity contribution >= 4 is 11.9 Å². The molecule has 0 unspecified atom stereocenters. The van der Waals surface area contributed by atoms with E-state index in [-0.39, 0.29) is 19.0 Å². The first-order valence-corrected chi connectivity index (χ1v) is 5.10. The molecule has 6 heteroatoms. The fourth-order valence-electron chi connectivity index (χ4n) is 1.04. The van der Waals surface area contributed by atoms with E-state index in [2.05, 4.69) is 12.2 Å². The van der Waals surface area contributed by atoms with Gasteiger partial charge >= 0.3 is 6.03 Å². The van der Waals surface area contributed by atoms with Crippen LogP contribution in [0.5, 0.6) is 0 Å². The summed E-state index contributed by atoms with van der Waals surface area (Å²) in [7, 11) is 0. The Balaban J connectivity index is 3.42. The number of urea groups is 1. The minimum Gasteiger partial charge on any atom is -0.354 e. The summed E-state index contributed by atoms with van der Waals surface area (Å²) in [5.74, 6) is -0.0682. The summed E-state index contributed by atoms with van der Waals surface area (Å²) >= 11 is 0. The van der Waals surface area contributed by atoms with Crippen LogP contribution < -0.4 is 11.1 Å². The van der Waals surface area contributed by atoms with Crippen molar-refractivity contribution < 1.29 is 14.8 Å². The first kappa shape index (κ1) is 13.7. The molecule has 0 saturated heterocycles. The third kappa shape index (κ3) is 7.75. The highest BCUT2D eigenvalue weighted by Gasteiger charge is 2.05. The van der Waals surface area contributed by atoms with Crippen molar-refractivity contribution in [3.05, 3.63) is 0 Å². The minimum atomic E-state index is -0.921. The van der Waals surface area contributed by atoms with E-state index in [1.807, 2.05) is 0 Å². The number of nitrogens with two attached hydrogens (primary N) is 1. The Morgan fingerprint density at radius 3 is 2.60 bits per heavy atom. The molecular weight excluding hydrogens is 198 g/mol. The number of primary amides is 1. The Morgan fingerprint density at radius 1 is 1.40 bits per heavy atom. The number of hydroxylamine groups is 2. The number of hydrogen-bond acceptors (Lipinski definition) is 3. The molecule has 0 saturated carbocycles. The first-order valence-electron chi connectivity index (χ1n) is 5.10. The van der Waals surface area contributed by atoms with E-state index < -0.39 is 6.03 Å². The molecule has 0 aromatic heterocycles. The molecule has 0 bridgehead atoms. The number of carbonyl (C=O) groups is 2. The van der Waals surface area contributed by atoms with Crippen LogP contribution in [0.4, 0.5) is 4.79 Å². The lowest BCUT2D eigenvalue weighted by molar-refractivity contribution is -0.121. The monoisotopic (exact) mass is 217 g/mol. The van der Waals surface area contributed by atoms with Crippen LogP contribution in [0, 0.1) is 0 Å². The smallest absolute Gasteiger partial charge is 0.338 e. The number of nitrogens with zero attached hydrogens (tertiary/aromatic N) is 1. The lowest BCUT2D eigenvalue weighted by Crippen LogP contribution is -2.39. The zero-order chi connectivity index (χ0) is 11.7. The molecule has 6 nitrogen and oxygen atoms in total. The molecule has 4 N–H and O–H groups in total. The number of amides is 3. The molecule has 0 aliphatic rings. The SMILES string of the molecule is CCCCCC(=O)NCCN(O)C(N)=O. The van der Waals surface area contributed by atoms with Gasteiger partial charge in [0.1, 0.15) is 0 Å². The molecule has 0 fully saturated rings. The second-order valence-corrected chi connectivity index (χ2v) is 3.27. The van der Waals surface area contributed by atoms with Crippen LogP contribution in [0.2, 0.25) is 0 Å². The van der Waals surface area contributed by atoms with Crippen LogP contribution >= 0.6 is 0 Å². The number of rotatable bonds is 7. The maximum atomic E-state index is 11.1. The van der Waals surface area contributed by atoms with E-state index in [0.29, 0.717) is 11.5 Å². The van der Waals surface area contributed by atoms with E-state index in [9.17, 15) is 9.59 Å². The van der Waals surface area contributed by atoms with Gasteiger partial charge in [0, 0.05) is 13.0 Å². The number of hydrogen-bond donors (Lipinski definition) is 3. The van der Waals surface area contributed by atoms with Gasteiger partial charge in [-0.3, -0.25) is 10.0 Å². The molecule has 0 aliphatic carbocycles. The fourth-order valence-corrected chi connectivity index (χ4v) is 1.04. The van der Waals surface area contributed by atoms with Gasteiger partial charge in [-0.25, -0.2) is 9.86 Å². The van der Waals surface area contributed by atoms with E-state index >= 15 is 0 Å². The third-order valence-corrected chi connectivity index (χ3v) is 1.91. The highest BCUT2D eigenvalue weighted by Crippen LogP contribution is 1.97.